The molecule has 2 fully saturated rings. The Morgan fingerprint density at radius 1 is 1.02 bits per heavy atom. The highest BCUT2D eigenvalue weighted by molar-refractivity contribution is 7.18. The van der Waals surface area contributed by atoms with Crippen LogP contribution in [0.15, 0.2) is 30.3 Å². The van der Waals surface area contributed by atoms with Crippen LogP contribution in [0.5, 0.6) is 17.2 Å². The van der Waals surface area contributed by atoms with Gasteiger partial charge in [0, 0.05) is 23.7 Å². The van der Waals surface area contributed by atoms with Crippen LogP contribution in [0.3, 0.4) is 0 Å². The van der Waals surface area contributed by atoms with E-state index in [1.54, 1.807) is 18.2 Å². The molecule has 0 saturated carbocycles. The van der Waals surface area contributed by atoms with E-state index in [1.165, 1.54) is 17.4 Å². The minimum Gasteiger partial charge on any atom is -0.490 e. The molecular formula is C30H36F3N3O4S. The van der Waals surface area contributed by atoms with Gasteiger partial charge in [-0.05, 0) is 70.7 Å². The van der Waals surface area contributed by atoms with Crippen molar-refractivity contribution in [3.05, 3.63) is 46.5 Å². The Morgan fingerprint density at radius 2 is 1.66 bits per heavy atom. The third-order valence-corrected chi connectivity index (χ3v) is 8.72. The van der Waals surface area contributed by atoms with Crippen LogP contribution in [0.2, 0.25) is 0 Å². The maximum absolute atomic E-state index is 13.5. The summed E-state index contributed by atoms with van der Waals surface area (Å²) in [5, 5.41) is 3.92. The fraction of sp³-hybridized carbons (Fsp3) is 0.533. The van der Waals surface area contributed by atoms with Crippen LogP contribution in [0.25, 0.3) is 10.2 Å². The molecule has 1 N–H and O–H groups in total. The predicted molar refractivity (Wildman–Crippen MR) is 152 cm³/mol. The van der Waals surface area contributed by atoms with Gasteiger partial charge in [-0.15, -0.1) is 11.3 Å². The molecule has 2 bridgehead atoms. The normalized spacial score (nSPS) is 21.1. The van der Waals surface area contributed by atoms with E-state index in [1.807, 2.05) is 20.8 Å². The molecule has 3 aromatic rings. The zero-order valence-electron chi connectivity index (χ0n) is 23.6. The quantitative estimate of drug-likeness (QED) is 0.279. The van der Waals surface area contributed by atoms with Crippen molar-refractivity contribution in [1.29, 1.82) is 0 Å². The van der Waals surface area contributed by atoms with Crippen LogP contribution < -0.4 is 19.5 Å². The standard InChI is InChI=1S/C30H36F3N3O4S/c1-4-38-23-13-18(14-24(39-5-2)28(23)40-6-3)29(37)34-19-15-20-9-7-10-21(16-19)36(20)17-26-35-27-22(30(31,32)33)11-8-12-25(27)41-26/h8,11-14,19-21H,4-7,9-10,15-17H2,1-3H3,(H,34,37). The average Bonchev–Trinajstić information content (AvgIpc) is 3.33. The molecule has 41 heavy (non-hydrogen) atoms. The summed E-state index contributed by atoms with van der Waals surface area (Å²) in [5.41, 5.74) is -0.211. The first-order chi connectivity index (χ1) is 19.7. The first kappa shape index (κ1) is 29.4. The summed E-state index contributed by atoms with van der Waals surface area (Å²) < 4.78 is 58.4. The maximum atomic E-state index is 13.5. The Morgan fingerprint density at radius 3 is 2.24 bits per heavy atom. The summed E-state index contributed by atoms with van der Waals surface area (Å²) in [4.78, 5) is 20.2. The molecule has 7 nitrogen and oxygen atoms in total. The second kappa shape index (κ2) is 12.4. The van der Waals surface area contributed by atoms with Gasteiger partial charge in [-0.3, -0.25) is 9.69 Å². The van der Waals surface area contributed by atoms with Crippen molar-refractivity contribution in [2.24, 2.45) is 0 Å². The molecule has 1 amide bonds. The zero-order chi connectivity index (χ0) is 29.1. The highest BCUT2D eigenvalue weighted by Crippen LogP contribution is 2.41. The number of nitrogens with zero attached hydrogens (tertiary/aromatic N) is 2. The lowest BCUT2D eigenvalue weighted by Crippen LogP contribution is -2.56. The van der Waals surface area contributed by atoms with Gasteiger partial charge in [0.15, 0.2) is 11.5 Å². The number of hydrogen-bond donors (Lipinski definition) is 1. The number of amides is 1. The number of piperidine rings is 2. The van der Waals surface area contributed by atoms with Gasteiger partial charge in [-0.2, -0.15) is 13.2 Å². The lowest BCUT2D eigenvalue weighted by Gasteiger charge is -2.48. The van der Waals surface area contributed by atoms with Crippen molar-refractivity contribution in [2.45, 2.75) is 83.7 Å². The monoisotopic (exact) mass is 591 g/mol. The van der Waals surface area contributed by atoms with E-state index in [-0.39, 0.29) is 29.5 Å². The molecule has 5 rings (SSSR count). The van der Waals surface area contributed by atoms with Crippen LogP contribution in [-0.4, -0.2) is 53.7 Å². The fourth-order valence-electron chi connectivity index (χ4n) is 6.09. The van der Waals surface area contributed by atoms with Gasteiger partial charge in [-0.25, -0.2) is 4.98 Å². The van der Waals surface area contributed by atoms with E-state index in [4.69, 9.17) is 14.2 Å². The van der Waals surface area contributed by atoms with Crippen molar-refractivity contribution in [1.82, 2.24) is 15.2 Å². The molecule has 0 aliphatic carbocycles. The van der Waals surface area contributed by atoms with Gasteiger partial charge in [0.2, 0.25) is 5.75 Å². The van der Waals surface area contributed by atoms with Crippen molar-refractivity contribution in [2.75, 3.05) is 19.8 Å². The Labute approximate surface area is 242 Å². The van der Waals surface area contributed by atoms with E-state index in [0.29, 0.717) is 58.9 Å². The molecule has 2 saturated heterocycles. The number of nitrogens with one attached hydrogen (secondary N) is 1. The maximum Gasteiger partial charge on any atom is 0.418 e. The lowest BCUT2D eigenvalue weighted by molar-refractivity contribution is -0.136. The molecular weight excluding hydrogens is 555 g/mol. The van der Waals surface area contributed by atoms with Crippen LogP contribution in [0.4, 0.5) is 13.2 Å². The van der Waals surface area contributed by atoms with E-state index in [2.05, 4.69) is 15.2 Å². The first-order valence-electron chi connectivity index (χ1n) is 14.3. The van der Waals surface area contributed by atoms with Gasteiger partial charge in [0.1, 0.15) is 5.01 Å². The van der Waals surface area contributed by atoms with Crippen LogP contribution >= 0.6 is 11.3 Å². The minimum atomic E-state index is -4.44. The molecule has 222 valence electrons. The molecule has 0 radical (unpaired) electrons. The molecule has 3 heterocycles. The summed E-state index contributed by atoms with van der Waals surface area (Å²) >= 11 is 1.33. The minimum absolute atomic E-state index is 0.0149. The number of carbonyl (C=O) groups excluding carboxylic acids is 1. The number of rotatable bonds is 10. The van der Waals surface area contributed by atoms with E-state index >= 15 is 0 Å². The molecule has 0 spiro atoms. The lowest BCUT2D eigenvalue weighted by atomic mass is 9.81. The molecule has 1 aromatic heterocycles. The first-order valence-corrected chi connectivity index (χ1v) is 15.1. The largest absolute Gasteiger partial charge is 0.490 e. The number of carbonyl (C=O) groups is 1. The summed E-state index contributed by atoms with van der Waals surface area (Å²) in [5.74, 6) is 1.24. The summed E-state index contributed by atoms with van der Waals surface area (Å²) in [6.45, 7) is 7.42. The Balaban J connectivity index is 1.31. The molecule has 11 heteroatoms. The number of ether oxygens (including phenoxy) is 3. The Kier molecular flexibility index (Phi) is 8.94. The third-order valence-electron chi connectivity index (χ3n) is 7.72. The molecule has 2 aliphatic rings. The summed E-state index contributed by atoms with van der Waals surface area (Å²) in [6, 6.07) is 8.06. The Hall–Kier alpha value is -3.05. The highest BCUT2D eigenvalue weighted by atomic mass is 32.1. The number of aromatic nitrogens is 1. The van der Waals surface area contributed by atoms with Gasteiger partial charge >= 0.3 is 6.18 Å². The third kappa shape index (κ3) is 6.40. The van der Waals surface area contributed by atoms with Crippen LogP contribution in [0.1, 0.15) is 73.8 Å². The number of benzene rings is 2. The average molecular weight is 592 g/mol. The zero-order valence-corrected chi connectivity index (χ0v) is 24.4. The van der Waals surface area contributed by atoms with Crippen molar-refractivity contribution in [3.63, 3.8) is 0 Å². The second-order valence-electron chi connectivity index (χ2n) is 10.4. The van der Waals surface area contributed by atoms with Crippen LogP contribution in [0, 0.1) is 0 Å². The second-order valence-corrected chi connectivity index (χ2v) is 11.5. The van der Waals surface area contributed by atoms with E-state index < -0.39 is 11.7 Å². The van der Waals surface area contributed by atoms with Gasteiger partial charge in [0.05, 0.1) is 42.1 Å². The number of halogens is 3. The smallest absolute Gasteiger partial charge is 0.418 e. The SMILES string of the molecule is CCOc1cc(C(=O)NC2CC3CCCC(C2)N3Cc2nc3c(C(F)(F)F)cccc3s2)cc(OCC)c1OCC. The van der Waals surface area contributed by atoms with Crippen LogP contribution in [-0.2, 0) is 12.7 Å². The molecule has 2 aromatic carbocycles. The van der Waals surface area contributed by atoms with Gasteiger partial charge in [-0.1, -0.05) is 12.5 Å². The van der Waals surface area contributed by atoms with Crippen molar-refractivity contribution >= 4 is 27.5 Å². The summed E-state index contributed by atoms with van der Waals surface area (Å²) in [7, 11) is 0. The van der Waals surface area contributed by atoms with Gasteiger partial charge in [0.25, 0.3) is 5.91 Å². The topological polar surface area (TPSA) is 72.9 Å². The van der Waals surface area contributed by atoms with E-state index in [9.17, 15) is 18.0 Å². The fourth-order valence-corrected chi connectivity index (χ4v) is 7.09. The number of thiazole rings is 1. The number of fused-ring (bicyclic) bond motifs is 3. The number of para-hydroxylation sites is 1. The molecule has 2 aliphatic heterocycles. The molecule has 2 unspecified atom stereocenters. The van der Waals surface area contributed by atoms with E-state index in [0.717, 1.165) is 38.2 Å². The van der Waals surface area contributed by atoms with Crippen molar-refractivity contribution < 1.29 is 32.2 Å². The van der Waals surface area contributed by atoms with Crippen molar-refractivity contribution in [3.8, 4) is 17.2 Å². The number of hydrogen-bond acceptors (Lipinski definition) is 7. The Bertz CT molecular complexity index is 1340. The van der Waals surface area contributed by atoms with Gasteiger partial charge < -0.3 is 19.5 Å². The highest BCUT2D eigenvalue weighted by Gasteiger charge is 2.40. The predicted octanol–water partition coefficient (Wildman–Crippen LogP) is 6.83. The molecule has 2 atom stereocenters. The summed E-state index contributed by atoms with van der Waals surface area (Å²) in [6.07, 6.45) is 0.164. The number of alkyl halides is 3.